The molecule has 0 amide bonds. The summed E-state index contributed by atoms with van der Waals surface area (Å²) in [4.78, 5) is 21.5. The van der Waals surface area contributed by atoms with Crippen LogP contribution >= 0.6 is 0 Å². The van der Waals surface area contributed by atoms with Gasteiger partial charge in [-0.3, -0.25) is 9.59 Å². The highest BCUT2D eigenvalue weighted by atomic mass is 16.5. The van der Waals surface area contributed by atoms with Crippen LogP contribution in [-0.2, 0) is 14.3 Å². The molecule has 0 heterocycles. The second kappa shape index (κ2) is 3.56. The van der Waals surface area contributed by atoms with Crippen molar-refractivity contribution in [3.05, 3.63) is 0 Å². The van der Waals surface area contributed by atoms with Crippen molar-refractivity contribution in [2.75, 3.05) is 6.61 Å². The third-order valence-corrected chi connectivity index (χ3v) is 2.18. The molecule has 1 rings (SSSR count). The normalized spacial score (nSPS) is 27.4. The molecule has 0 spiro atoms. The predicted octanol–water partition coefficient (Wildman–Crippen LogP) is 0.660. The van der Waals surface area contributed by atoms with Gasteiger partial charge in [-0.2, -0.15) is 0 Å². The molecule has 1 aliphatic rings. The summed E-state index contributed by atoms with van der Waals surface area (Å²) in [6.07, 6.45) is 1.24. The van der Waals surface area contributed by atoms with Crippen LogP contribution in [-0.4, -0.2) is 23.7 Å². The number of aliphatic carboxylic acids is 1. The zero-order valence-corrected chi connectivity index (χ0v) is 6.95. The Morgan fingerprint density at radius 1 is 1.42 bits per heavy atom. The lowest BCUT2D eigenvalue weighted by Gasteiger charge is -2.30. The van der Waals surface area contributed by atoms with Gasteiger partial charge < -0.3 is 9.84 Å². The van der Waals surface area contributed by atoms with Crippen molar-refractivity contribution in [2.24, 2.45) is 11.8 Å². The summed E-state index contributed by atoms with van der Waals surface area (Å²) in [5, 5.41) is 8.61. The zero-order chi connectivity index (χ0) is 9.14. The van der Waals surface area contributed by atoms with Gasteiger partial charge in [0, 0.05) is 0 Å². The minimum atomic E-state index is -0.890. The van der Waals surface area contributed by atoms with E-state index in [0.717, 1.165) is 0 Å². The third-order valence-electron chi connectivity index (χ3n) is 2.18. The molecule has 1 N–H and O–H groups in total. The van der Waals surface area contributed by atoms with Crippen LogP contribution < -0.4 is 0 Å². The highest BCUT2D eigenvalue weighted by molar-refractivity contribution is 5.82. The first-order chi connectivity index (χ1) is 5.66. The maximum atomic E-state index is 11.1. The van der Waals surface area contributed by atoms with Crippen LogP contribution in [0.3, 0.4) is 0 Å². The van der Waals surface area contributed by atoms with Crippen LogP contribution in [0, 0.1) is 11.8 Å². The van der Waals surface area contributed by atoms with Crippen molar-refractivity contribution in [3.63, 3.8) is 0 Å². The number of carboxylic acids is 1. The van der Waals surface area contributed by atoms with Gasteiger partial charge in [0.25, 0.3) is 0 Å². The van der Waals surface area contributed by atoms with Crippen molar-refractivity contribution >= 4 is 11.9 Å². The molecule has 0 saturated heterocycles. The quantitative estimate of drug-likeness (QED) is 0.635. The second-order valence-electron chi connectivity index (χ2n) is 2.88. The lowest BCUT2D eigenvalue weighted by Crippen LogP contribution is -2.39. The van der Waals surface area contributed by atoms with Gasteiger partial charge in [0.1, 0.15) is 0 Å². The first kappa shape index (κ1) is 9.03. The summed E-state index contributed by atoms with van der Waals surface area (Å²) in [6, 6.07) is 0. The van der Waals surface area contributed by atoms with Crippen LogP contribution in [0.4, 0.5) is 0 Å². The van der Waals surface area contributed by atoms with Gasteiger partial charge in [-0.1, -0.05) is 0 Å². The average molecular weight is 172 g/mol. The topological polar surface area (TPSA) is 63.6 Å². The molecule has 1 saturated carbocycles. The van der Waals surface area contributed by atoms with E-state index in [9.17, 15) is 9.59 Å². The smallest absolute Gasteiger partial charge is 0.309 e. The minimum absolute atomic E-state index is 0.321. The first-order valence-electron chi connectivity index (χ1n) is 4.06. The van der Waals surface area contributed by atoms with E-state index >= 15 is 0 Å². The van der Waals surface area contributed by atoms with E-state index in [2.05, 4.69) is 0 Å². The maximum absolute atomic E-state index is 11.1. The summed E-state index contributed by atoms with van der Waals surface area (Å²) in [6.45, 7) is 2.04. The molecule has 1 fully saturated rings. The number of hydrogen-bond donors (Lipinski definition) is 1. The summed E-state index contributed by atoms with van der Waals surface area (Å²) in [5.74, 6) is -2.16. The van der Waals surface area contributed by atoms with Crippen LogP contribution in [0.2, 0.25) is 0 Å². The summed E-state index contributed by atoms with van der Waals surface area (Å²) >= 11 is 0. The van der Waals surface area contributed by atoms with Gasteiger partial charge in [0.2, 0.25) is 0 Å². The van der Waals surface area contributed by atoms with E-state index in [1.54, 1.807) is 6.92 Å². The molecule has 0 bridgehead atoms. The van der Waals surface area contributed by atoms with Gasteiger partial charge in [-0.05, 0) is 19.8 Å². The molecule has 68 valence electrons. The number of rotatable bonds is 3. The van der Waals surface area contributed by atoms with Gasteiger partial charge in [-0.15, -0.1) is 0 Å². The molecule has 4 heteroatoms. The van der Waals surface area contributed by atoms with E-state index in [-0.39, 0.29) is 5.97 Å². The van der Waals surface area contributed by atoms with Crippen molar-refractivity contribution in [1.29, 1.82) is 0 Å². The monoisotopic (exact) mass is 172 g/mol. The Hall–Kier alpha value is -1.06. The molecule has 2 atom stereocenters. The van der Waals surface area contributed by atoms with Crippen molar-refractivity contribution in [2.45, 2.75) is 19.8 Å². The molecular weight excluding hydrogens is 160 g/mol. The molecule has 12 heavy (non-hydrogen) atoms. The lowest BCUT2D eigenvalue weighted by molar-refractivity contribution is -0.163. The van der Waals surface area contributed by atoms with E-state index in [1.165, 1.54) is 0 Å². The summed E-state index contributed by atoms with van der Waals surface area (Å²) < 4.78 is 4.72. The predicted molar refractivity (Wildman–Crippen MR) is 40.5 cm³/mol. The number of carbonyl (C=O) groups is 2. The number of ether oxygens (including phenoxy) is 1. The molecule has 0 aromatic carbocycles. The maximum Gasteiger partial charge on any atom is 0.309 e. The van der Waals surface area contributed by atoms with E-state index in [1.807, 2.05) is 0 Å². The van der Waals surface area contributed by atoms with E-state index in [0.29, 0.717) is 19.4 Å². The van der Waals surface area contributed by atoms with Gasteiger partial charge in [0.15, 0.2) is 0 Å². The molecule has 2 unspecified atom stereocenters. The number of carbonyl (C=O) groups excluding carboxylic acids is 1. The van der Waals surface area contributed by atoms with Gasteiger partial charge in [-0.25, -0.2) is 0 Å². The number of carboxylic acid groups (broad SMARTS) is 1. The highest BCUT2D eigenvalue weighted by Crippen LogP contribution is 2.35. The average Bonchev–Trinajstić information content (AvgIpc) is 1.82. The van der Waals surface area contributed by atoms with Crippen LogP contribution in [0.15, 0.2) is 0 Å². The minimum Gasteiger partial charge on any atom is -0.481 e. The Bertz CT molecular complexity index is 199. The Morgan fingerprint density at radius 2 is 2.00 bits per heavy atom. The SMILES string of the molecule is CCOC(=O)C1CCC1C(=O)O. The molecule has 1 aliphatic carbocycles. The largest absolute Gasteiger partial charge is 0.481 e. The fourth-order valence-electron chi connectivity index (χ4n) is 1.33. The molecule has 0 aliphatic heterocycles. The standard InChI is InChI=1S/C8H12O4/c1-2-12-8(11)6-4-3-5(6)7(9)10/h5-6H,2-4H2,1H3,(H,9,10). The molecule has 0 aromatic rings. The summed E-state index contributed by atoms with van der Waals surface area (Å²) in [5.41, 5.74) is 0. The number of hydrogen-bond acceptors (Lipinski definition) is 3. The van der Waals surface area contributed by atoms with E-state index in [4.69, 9.17) is 9.84 Å². The number of esters is 1. The van der Waals surface area contributed by atoms with Crippen molar-refractivity contribution in [3.8, 4) is 0 Å². The van der Waals surface area contributed by atoms with Gasteiger partial charge >= 0.3 is 11.9 Å². The van der Waals surface area contributed by atoms with Crippen molar-refractivity contribution in [1.82, 2.24) is 0 Å². The Kier molecular flexibility index (Phi) is 2.68. The third kappa shape index (κ3) is 1.57. The first-order valence-corrected chi connectivity index (χ1v) is 4.06. The molecule has 4 nitrogen and oxygen atoms in total. The molecule has 0 aromatic heterocycles. The Morgan fingerprint density at radius 3 is 2.33 bits per heavy atom. The van der Waals surface area contributed by atoms with E-state index < -0.39 is 17.8 Å². The van der Waals surface area contributed by atoms with Crippen LogP contribution in [0.25, 0.3) is 0 Å². The highest BCUT2D eigenvalue weighted by Gasteiger charge is 2.42. The Labute approximate surface area is 70.5 Å². The molecular formula is C8H12O4. The lowest BCUT2D eigenvalue weighted by atomic mass is 9.74. The molecule has 0 radical (unpaired) electrons. The van der Waals surface area contributed by atoms with Gasteiger partial charge in [0.05, 0.1) is 18.4 Å². The fraction of sp³-hybridized carbons (Fsp3) is 0.750. The van der Waals surface area contributed by atoms with Crippen molar-refractivity contribution < 1.29 is 19.4 Å². The summed E-state index contributed by atoms with van der Waals surface area (Å²) in [7, 11) is 0. The fourth-order valence-corrected chi connectivity index (χ4v) is 1.33. The van der Waals surface area contributed by atoms with Crippen LogP contribution in [0.5, 0.6) is 0 Å². The Balaban J connectivity index is 2.43. The van der Waals surface area contributed by atoms with Crippen LogP contribution in [0.1, 0.15) is 19.8 Å². The zero-order valence-electron chi connectivity index (χ0n) is 6.95. The second-order valence-corrected chi connectivity index (χ2v) is 2.88.